The van der Waals surface area contributed by atoms with Gasteiger partial charge in [-0.1, -0.05) is 47.7 Å². The third-order valence-electron chi connectivity index (χ3n) is 5.18. The number of H-pyrrole nitrogens is 1. The van der Waals surface area contributed by atoms with Crippen LogP contribution in [0.3, 0.4) is 0 Å². The number of rotatable bonds is 6. The first kappa shape index (κ1) is 18.1. The summed E-state index contributed by atoms with van der Waals surface area (Å²) in [6.07, 6.45) is 2.63. The zero-order valence-electron chi connectivity index (χ0n) is 16.2. The fourth-order valence-electron chi connectivity index (χ4n) is 3.41. The molecule has 0 spiro atoms. The van der Waals surface area contributed by atoms with E-state index in [1.54, 1.807) is 4.68 Å². The summed E-state index contributed by atoms with van der Waals surface area (Å²) in [5, 5.41) is 18.4. The van der Waals surface area contributed by atoms with E-state index in [4.69, 9.17) is 5.73 Å². The summed E-state index contributed by atoms with van der Waals surface area (Å²) in [5.41, 5.74) is 10.6. The monoisotopic (exact) mass is 399 g/mol. The first-order valence-corrected chi connectivity index (χ1v) is 9.88. The van der Waals surface area contributed by atoms with Gasteiger partial charge < -0.3 is 11.1 Å². The van der Waals surface area contributed by atoms with Crippen LogP contribution in [0, 0.1) is 0 Å². The van der Waals surface area contributed by atoms with Crippen molar-refractivity contribution in [2.24, 2.45) is 0 Å². The second-order valence-electron chi connectivity index (χ2n) is 7.48. The number of hydrogen-bond donors (Lipinski definition) is 3. The maximum atomic E-state index is 12.3. The standard InChI is InChI=1S/C22H21N7O/c23-22-21(16-4-2-1-3-5-16)27-28-29(22)17-10-6-14(7-11-17)12-20(30)24-19-13-18(25-26-19)15-8-9-15/h1-7,10-11,13,15H,8-9,12,23H2,(H2,24,25,26,30). The number of carbonyl (C=O) groups excluding carboxylic acids is 1. The highest BCUT2D eigenvalue weighted by Crippen LogP contribution is 2.39. The molecule has 1 aliphatic rings. The minimum absolute atomic E-state index is 0.108. The van der Waals surface area contributed by atoms with Crippen molar-refractivity contribution >= 4 is 17.5 Å². The van der Waals surface area contributed by atoms with Gasteiger partial charge in [-0.2, -0.15) is 9.78 Å². The fraction of sp³-hybridized carbons (Fsp3) is 0.182. The van der Waals surface area contributed by atoms with Gasteiger partial charge in [0.15, 0.2) is 11.6 Å². The molecule has 30 heavy (non-hydrogen) atoms. The van der Waals surface area contributed by atoms with E-state index < -0.39 is 0 Å². The predicted octanol–water partition coefficient (Wildman–Crippen LogP) is 3.30. The van der Waals surface area contributed by atoms with Crippen molar-refractivity contribution in [2.75, 3.05) is 11.1 Å². The number of amides is 1. The topological polar surface area (TPSA) is 115 Å². The molecule has 0 saturated heterocycles. The van der Waals surface area contributed by atoms with E-state index in [9.17, 15) is 4.79 Å². The van der Waals surface area contributed by atoms with Crippen LogP contribution in [0.4, 0.5) is 11.6 Å². The van der Waals surface area contributed by atoms with Crippen molar-refractivity contribution < 1.29 is 4.79 Å². The molecule has 0 radical (unpaired) electrons. The van der Waals surface area contributed by atoms with E-state index in [1.165, 1.54) is 12.8 Å². The number of hydrogen-bond acceptors (Lipinski definition) is 5. The number of nitrogen functional groups attached to an aromatic ring is 1. The molecule has 0 aliphatic heterocycles. The molecular weight excluding hydrogens is 378 g/mol. The van der Waals surface area contributed by atoms with E-state index in [2.05, 4.69) is 25.8 Å². The SMILES string of the molecule is Nc1c(-c2ccccc2)nnn1-c1ccc(CC(=O)Nc2cc(C3CC3)[nH]n2)cc1. The number of nitrogens with one attached hydrogen (secondary N) is 2. The molecule has 4 aromatic rings. The van der Waals surface area contributed by atoms with Gasteiger partial charge in [-0.15, -0.1) is 5.10 Å². The van der Waals surface area contributed by atoms with E-state index in [-0.39, 0.29) is 12.3 Å². The van der Waals surface area contributed by atoms with Crippen LogP contribution in [0.2, 0.25) is 0 Å². The lowest BCUT2D eigenvalue weighted by molar-refractivity contribution is -0.115. The molecule has 0 bridgehead atoms. The summed E-state index contributed by atoms with van der Waals surface area (Å²) in [5.74, 6) is 1.50. The van der Waals surface area contributed by atoms with Crippen LogP contribution in [-0.2, 0) is 11.2 Å². The number of nitrogens with two attached hydrogens (primary N) is 1. The first-order valence-electron chi connectivity index (χ1n) is 9.88. The summed E-state index contributed by atoms with van der Waals surface area (Å²) in [6.45, 7) is 0. The lowest BCUT2D eigenvalue weighted by Crippen LogP contribution is -2.14. The van der Waals surface area contributed by atoms with Gasteiger partial charge in [0.1, 0.15) is 5.69 Å². The van der Waals surface area contributed by atoms with E-state index in [0.717, 1.165) is 22.5 Å². The van der Waals surface area contributed by atoms with Crippen LogP contribution in [0.15, 0.2) is 60.7 Å². The zero-order valence-corrected chi connectivity index (χ0v) is 16.2. The number of benzene rings is 2. The largest absolute Gasteiger partial charge is 0.382 e. The van der Waals surface area contributed by atoms with E-state index >= 15 is 0 Å². The zero-order chi connectivity index (χ0) is 20.5. The molecule has 0 unspecified atom stereocenters. The Kier molecular flexibility index (Phi) is 4.51. The summed E-state index contributed by atoms with van der Waals surface area (Å²) >= 11 is 0. The summed E-state index contributed by atoms with van der Waals surface area (Å²) in [6, 6.07) is 19.1. The Morgan fingerprint density at radius 2 is 1.90 bits per heavy atom. The van der Waals surface area contributed by atoms with Gasteiger partial charge in [0.2, 0.25) is 5.91 Å². The third kappa shape index (κ3) is 3.67. The normalized spacial score (nSPS) is 13.3. The molecule has 0 atom stereocenters. The lowest BCUT2D eigenvalue weighted by Gasteiger charge is -2.06. The van der Waals surface area contributed by atoms with Crippen molar-refractivity contribution in [2.45, 2.75) is 25.2 Å². The molecule has 4 N–H and O–H groups in total. The van der Waals surface area contributed by atoms with Gasteiger partial charge in [-0.05, 0) is 30.5 Å². The van der Waals surface area contributed by atoms with Gasteiger partial charge in [0.25, 0.3) is 0 Å². The fourth-order valence-corrected chi connectivity index (χ4v) is 3.41. The van der Waals surface area contributed by atoms with Gasteiger partial charge in [0.05, 0.1) is 12.1 Å². The molecule has 1 saturated carbocycles. The molecule has 150 valence electrons. The second kappa shape index (κ2) is 7.47. The molecule has 2 heterocycles. The molecule has 2 aromatic carbocycles. The molecular formula is C22H21N7O. The Morgan fingerprint density at radius 1 is 1.13 bits per heavy atom. The molecule has 1 amide bonds. The van der Waals surface area contributed by atoms with Crippen molar-refractivity contribution in [3.8, 4) is 16.9 Å². The van der Waals surface area contributed by atoms with Crippen molar-refractivity contribution in [1.29, 1.82) is 0 Å². The molecule has 5 rings (SSSR count). The molecule has 1 aliphatic carbocycles. The van der Waals surface area contributed by atoms with Gasteiger partial charge in [-0.3, -0.25) is 9.89 Å². The molecule has 8 heteroatoms. The highest BCUT2D eigenvalue weighted by atomic mass is 16.1. The Balaban J connectivity index is 1.26. The molecule has 1 fully saturated rings. The minimum atomic E-state index is -0.108. The maximum Gasteiger partial charge on any atom is 0.229 e. The minimum Gasteiger partial charge on any atom is -0.382 e. The highest BCUT2D eigenvalue weighted by molar-refractivity contribution is 5.91. The van der Waals surface area contributed by atoms with Crippen molar-refractivity contribution in [1.82, 2.24) is 25.2 Å². The van der Waals surface area contributed by atoms with Crippen LogP contribution in [0.1, 0.15) is 30.0 Å². The number of aromatic amines is 1. The quantitative estimate of drug-likeness (QED) is 0.460. The Hall–Kier alpha value is -3.94. The number of aromatic nitrogens is 5. The number of anilines is 2. The predicted molar refractivity (Wildman–Crippen MR) is 114 cm³/mol. The summed E-state index contributed by atoms with van der Waals surface area (Å²) in [4.78, 5) is 12.3. The third-order valence-corrected chi connectivity index (χ3v) is 5.18. The van der Waals surface area contributed by atoms with Gasteiger partial charge >= 0.3 is 0 Å². The van der Waals surface area contributed by atoms with Crippen LogP contribution >= 0.6 is 0 Å². The average molecular weight is 399 g/mol. The lowest BCUT2D eigenvalue weighted by atomic mass is 10.1. The number of nitrogens with zero attached hydrogens (tertiary/aromatic N) is 4. The Bertz CT molecular complexity index is 1170. The Labute approximate surface area is 173 Å². The smallest absolute Gasteiger partial charge is 0.229 e. The van der Waals surface area contributed by atoms with E-state index in [0.29, 0.717) is 23.2 Å². The Morgan fingerprint density at radius 3 is 2.63 bits per heavy atom. The van der Waals surface area contributed by atoms with Crippen LogP contribution in [0.25, 0.3) is 16.9 Å². The van der Waals surface area contributed by atoms with Crippen LogP contribution < -0.4 is 11.1 Å². The van der Waals surface area contributed by atoms with E-state index in [1.807, 2.05) is 60.7 Å². The van der Waals surface area contributed by atoms with Crippen LogP contribution in [-0.4, -0.2) is 31.1 Å². The molecule has 8 nitrogen and oxygen atoms in total. The summed E-state index contributed by atoms with van der Waals surface area (Å²) in [7, 11) is 0. The number of carbonyl (C=O) groups is 1. The van der Waals surface area contributed by atoms with Crippen molar-refractivity contribution in [3.63, 3.8) is 0 Å². The average Bonchev–Trinajstić information content (AvgIpc) is 3.39. The second-order valence-corrected chi connectivity index (χ2v) is 7.48. The maximum absolute atomic E-state index is 12.3. The highest BCUT2D eigenvalue weighted by Gasteiger charge is 2.25. The molecule has 2 aromatic heterocycles. The van der Waals surface area contributed by atoms with Gasteiger partial charge in [-0.25, -0.2) is 0 Å². The van der Waals surface area contributed by atoms with Crippen LogP contribution in [0.5, 0.6) is 0 Å². The van der Waals surface area contributed by atoms with Gasteiger partial charge in [0, 0.05) is 23.2 Å². The summed E-state index contributed by atoms with van der Waals surface area (Å²) < 4.78 is 1.59. The first-order chi connectivity index (χ1) is 14.7. The van der Waals surface area contributed by atoms with Crippen molar-refractivity contribution in [3.05, 3.63) is 71.9 Å².